The Morgan fingerprint density at radius 1 is 1.11 bits per heavy atom. The Labute approximate surface area is 57.2 Å². The van der Waals surface area contributed by atoms with Crippen molar-refractivity contribution < 1.29 is 4.84 Å². The zero-order valence-electron chi connectivity index (χ0n) is 6.72. The second-order valence-corrected chi connectivity index (χ2v) is 2.34. The van der Waals surface area contributed by atoms with Crippen LogP contribution in [0.4, 0.5) is 0 Å². The average Bonchev–Trinajstić information content (AvgIpc) is 1.83. The predicted molar refractivity (Wildman–Crippen MR) is 38.2 cm³/mol. The predicted octanol–water partition coefficient (Wildman–Crippen LogP) is 0.0412. The lowest BCUT2D eigenvalue weighted by Gasteiger charge is -2.16. The number of hydrogen-bond acceptors (Lipinski definition) is 3. The molecule has 0 heterocycles. The maximum absolute atomic E-state index is 4.91. The minimum atomic E-state index is 0.948. The third-order valence-corrected chi connectivity index (χ3v) is 1.17. The van der Waals surface area contributed by atoms with Crippen LogP contribution in [0.3, 0.4) is 0 Å². The maximum Gasteiger partial charge on any atom is 0.0575 e. The molecule has 0 radical (unpaired) electrons. The Hall–Kier alpha value is -0.120. The molecule has 0 aliphatic rings. The maximum atomic E-state index is 4.91. The zero-order valence-corrected chi connectivity index (χ0v) is 6.72. The van der Waals surface area contributed by atoms with Crippen LogP contribution in [0.25, 0.3) is 0 Å². The van der Waals surface area contributed by atoms with E-state index in [0.29, 0.717) is 0 Å². The van der Waals surface area contributed by atoms with Gasteiger partial charge in [-0.05, 0) is 14.1 Å². The zero-order chi connectivity index (χ0) is 7.28. The van der Waals surface area contributed by atoms with E-state index in [1.54, 1.807) is 12.2 Å². The largest absolute Gasteiger partial charge is 0.308 e. The van der Waals surface area contributed by atoms with Gasteiger partial charge >= 0.3 is 0 Å². The highest BCUT2D eigenvalue weighted by Gasteiger charge is 1.94. The van der Waals surface area contributed by atoms with Gasteiger partial charge in [0, 0.05) is 20.1 Å². The van der Waals surface area contributed by atoms with Crippen molar-refractivity contribution in [1.82, 2.24) is 9.96 Å². The summed E-state index contributed by atoms with van der Waals surface area (Å²) in [6.07, 6.45) is 0. The Morgan fingerprint density at radius 2 is 1.67 bits per heavy atom. The third kappa shape index (κ3) is 5.76. The summed E-state index contributed by atoms with van der Waals surface area (Å²) >= 11 is 0. The van der Waals surface area contributed by atoms with Crippen LogP contribution < -0.4 is 0 Å². The Bertz CT molecular complexity index is 66.1. The van der Waals surface area contributed by atoms with Gasteiger partial charge in [0.05, 0.1) is 7.11 Å². The number of likely N-dealkylation sites (N-methyl/N-ethyl adjacent to an activating group) is 2. The molecule has 56 valence electrons. The minimum absolute atomic E-state index is 0.948. The Balaban J connectivity index is 3.06. The standard InChI is InChI=1S/C6H16N2O/c1-7(2)5-6-8(3)9-4/h5-6H2,1-4H3. The van der Waals surface area contributed by atoms with Crippen LogP contribution in [-0.2, 0) is 4.84 Å². The highest BCUT2D eigenvalue weighted by atomic mass is 16.7. The molecule has 9 heavy (non-hydrogen) atoms. The molecule has 0 saturated carbocycles. The molecular formula is C6H16N2O. The summed E-state index contributed by atoms with van der Waals surface area (Å²) in [4.78, 5) is 7.03. The van der Waals surface area contributed by atoms with Gasteiger partial charge in [-0.2, -0.15) is 5.06 Å². The fourth-order valence-corrected chi connectivity index (χ4v) is 0.432. The molecule has 0 aromatic carbocycles. The number of nitrogens with zero attached hydrogens (tertiary/aromatic N) is 2. The van der Waals surface area contributed by atoms with Gasteiger partial charge in [-0.3, -0.25) is 0 Å². The first-order chi connectivity index (χ1) is 4.16. The first-order valence-electron chi connectivity index (χ1n) is 3.06. The third-order valence-electron chi connectivity index (χ3n) is 1.17. The molecule has 0 N–H and O–H groups in total. The first kappa shape index (κ1) is 8.88. The van der Waals surface area contributed by atoms with Crippen molar-refractivity contribution in [1.29, 1.82) is 0 Å². The van der Waals surface area contributed by atoms with Crippen LogP contribution in [0.1, 0.15) is 0 Å². The molecule has 0 rings (SSSR count). The minimum Gasteiger partial charge on any atom is -0.308 e. The normalized spacial score (nSPS) is 11.3. The lowest BCUT2D eigenvalue weighted by Crippen LogP contribution is -2.27. The van der Waals surface area contributed by atoms with Crippen LogP contribution in [-0.4, -0.2) is 51.3 Å². The lowest BCUT2D eigenvalue weighted by atomic mass is 10.6. The molecule has 0 unspecified atom stereocenters. The van der Waals surface area contributed by atoms with E-state index in [2.05, 4.69) is 4.90 Å². The van der Waals surface area contributed by atoms with Crippen molar-refractivity contribution in [3.8, 4) is 0 Å². The van der Waals surface area contributed by atoms with Crippen LogP contribution in [0.5, 0.6) is 0 Å². The smallest absolute Gasteiger partial charge is 0.0575 e. The molecule has 0 amide bonds. The van der Waals surface area contributed by atoms with Crippen LogP contribution in [0.15, 0.2) is 0 Å². The van der Waals surface area contributed by atoms with Crippen molar-refractivity contribution in [2.75, 3.05) is 41.3 Å². The quantitative estimate of drug-likeness (QED) is 0.502. The van der Waals surface area contributed by atoms with Crippen LogP contribution >= 0.6 is 0 Å². The van der Waals surface area contributed by atoms with E-state index in [9.17, 15) is 0 Å². The van der Waals surface area contributed by atoms with E-state index in [1.807, 2.05) is 21.1 Å². The van der Waals surface area contributed by atoms with Crippen molar-refractivity contribution >= 4 is 0 Å². The molecule has 3 nitrogen and oxygen atoms in total. The van der Waals surface area contributed by atoms with E-state index in [0.717, 1.165) is 13.1 Å². The SMILES string of the molecule is CON(C)CCN(C)C. The van der Waals surface area contributed by atoms with Gasteiger partial charge in [-0.15, -0.1) is 0 Å². The van der Waals surface area contributed by atoms with Gasteiger partial charge in [-0.1, -0.05) is 0 Å². The average molecular weight is 132 g/mol. The summed E-state index contributed by atoms with van der Waals surface area (Å²) in [7, 11) is 7.69. The molecule has 0 fully saturated rings. The molecule has 3 heteroatoms. The van der Waals surface area contributed by atoms with E-state index >= 15 is 0 Å². The van der Waals surface area contributed by atoms with Crippen molar-refractivity contribution in [2.45, 2.75) is 0 Å². The number of hydrogen-bond donors (Lipinski definition) is 0. The van der Waals surface area contributed by atoms with Gasteiger partial charge < -0.3 is 9.74 Å². The summed E-state index contributed by atoms with van der Waals surface area (Å²) < 4.78 is 0. The molecule has 0 saturated heterocycles. The summed E-state index contributed by atoms with van der Waals surface area (Å²) in [5.41, 5.74) is 0. The highest BCUT2D eigenvalue weighted by Crippen LogP contribution is 1.81. The molecule has 0 aliphatic carbocycles. The first-order valence-corrected chi connectivity index (χ1v) is 3.06. The molecule has 0 aromatic heterocycles. The van der Waals surface area contributed by atoms with E-state index < -0.39 is 0 Å². The van der Waals surface area contributed by atoms with Gasteiger partial charge in [0.1, 0.15) is 0 Å². The van der Waals surface area contributed by atoms with Crippen molar-refractivity contribution in [3.05, 3.63) is 0 Å². The molecule has 0 aliphatic heterocycles. The van der Waals surface area contributed by atoms with Gasteiger partial charge in [0.25, 0.3) is 0 Å². The highest BCUT2D eigenvalue weighted by molar-refractivity contribution is 4.43. The number of rotatable bonds is 4. The summed E-state index contributed by atoms with van der Waals surface area (Å²) in [5, 5.41) is 1.81. The second-order valence-electron chi connectivity index (χ2n) is 2.34. The van der Waals surface area contributed by atoms with Gasteiger partial charge in [-0.25, -0.2) is 0 Å². The fourth-order valence-electron chi connectivity index (χ4n) is 0.432. The molecule has 0 spiro atoms. The lowest BCUT2D eigenvalue weighted by molar-refractivity contribution is -0.110. The molecule has 0 bridgehead atoms. The van der Waals surface area contributed by atoms with Crippen LogP contribution in [0, 0.1) is 0 Å². The Kier molecular flexibility index (Phi) is 4.67. The monoisotopic (exact) mass is 132 g/mol. The van der Waals surface area contributed by atoms with E-state index in [1.165, 1.54) is 0 Å². The van der Waals surface area contributed by atoms with Crippen molar-refractivity contribution in [3.63, 3.8) is 0 Å². The number of hydroxylamine groups is 2. The molecule has 0 atom stereocenters. The topological polar surface area (TPSA) is 15.7 Å². The summed E-state index contributed by atoms with van der Waals surface area (Å²) in [6, 6.07) is 0. The van der Waals surface area contributed by atoms with E-state index in [4.69, 9.17) is 4.84 Å². The van der Waals surface area contributed by atoms with Crippen molar-refractivity contribution in [2.24, 2.45) is 0 Å². The van der Waals surface area contributed by atoms with Crippen LogP contribution in [0.2, 0.25) is 0 Å². The fraction of sp³-hybridized carbons (Fsp3) is 1.00. The molecular weight excluding hydrogens is 116 g/mol. The Morgan fingerprint density at radius 3 is 2.00 bits per heavy atom. The molecule has 0 aromatic rings. The van der Waals surface area contributed by atoms with Gasteiger partial charge in [0.2, 0.25) is 0 Å². The van der Waals surface area contributed by atoms with Gasteiger partial charge in [0.15, 0.2) is 0 Å². The second kappa shape index (κ2) is 4.73. The summed E-state index contributed by atoms with van der Waals surface area (Å²) in [5.74, 6) is 0. The summed E-state index contributed by atoms with van der Waals surface area (Å²) in [6.45, 7) is 1.98. The van der Waals surface area contributed by atoms with E-state index in [-0.39, 0.29) is 0 Å².